The lowest BCUT2D eigenvalue weighted by Gasteiger charge is -2.12. The molecule has 48 heavy (non-hydrogen) atoms. The van der Waals surface area contributed by atoms with Gasteiger partial charge >= 0.3 is 0 Å². The van der Waals surface area contributed by atoms with Crippen LogP contribution in [0.3, 0.4) is 0 Å². The molecule has 0 aliphatic carbocycles. The molecule has 0 heterocycles. The van der Waals surface area contributed by atoms with Crippen molar-refractivity contribution in [2.24, 2.45) is 20.5 Å². The van der Waals surface area contributed by atoms with Crippen LogP contribution in [0.15, 0.2) is 126 Å². The van der Waals surface area contributed by atoms with Gasteiger partial charge in [0.1, 0.15) is 26.9 Å². The largest absolute Gasteiger partial charge is 0.506 e. The summed E-state index contributed by atoms with van der Waals surface area (Å²) in [6, 6.07) is 20.2. The molecule has 0 amide bonds. The second-order valence-corrected chi connectivity index (χ2v) is 14.4. The van der Waals surface area contributed by atoms with Gasteiger partial charge in [-0.05, 0) is 47.2 Å². The molecular formula is C30H20N4O11S3. The maximum atomic E-state index is 12.5. The third-order valence-electron chi connectivity index (χ3n) is 7.21. The molecule has 0 unspecified atom stereocenters. The molecule has 0 atom stereocenters. The van der Waals surface area contributed by atoms with Crippen LogP contribution >= 0.6 is 0 Å². The van der Waals surface area contributed by atoms with Gasteiger partial charge in [-0.25, -0.2) is 0 Å². The molecule has 0 saturated heterocycles. The predicted octanol–water partition coefficient (Wildman–Crippen LogP) is 7.13. The number of phenols is 2. The average Bonchev–Trinajstić information content (AvgIpc) is 3.01. The molecule has 0 fully saturated rings. The summed E-state index contributed by atoms with van der Waals surface area (Å²) in [5.74, 6) is -1.26. The Balaban J connectivity index is 1.62. The van der Waals surface area contributed by atoms with E-state index in [1.807, 2.05) is 0 Å². The molecule has 6 aromatic rings. The summed E-state index contributed by atoms with van der Waals surface area (Å²) >= 11 is 0. The van der Waals surface area contributed by atoms with Gasteiger partial charge in [0.2, 0.25) is 0 Å². The summed E-state index contributed by atoms with van der Waals surface area (Å²) in [6.45, 7) is 0. The maximum Gasteiger partial charge on any atom is 0.296 e. The molecular weight excluding hydrogens is 689 g/mol. The monoisotopic (exact) mass is 708 g/mol. The van der Waals surface area contributed by atoms with Gasteiger partial charge in [0.15, 0.2) is 5.75 Å². The van der Waals surface area contributed by atoms with Gasteiger partial charge in [0, 0.05) is 16.2 Å². The first kappa shape index (κ1) is 32.6. The highest BCUT2D eigenvalue weighted by molar-refractivity contribution is 7.86. The van der Waals surface area contributed by atoms with E-state index < -0.39 is 62.2 Å². The highest BCUT2D eigenvalue weighted by Gasteiger charge is 2.26. The van der Waals surface area contributed by atoms with Crippen molar-refractivity contribution in [3.05, 3.63) is 91.0 Å². The Bertz CT molecular complexity index is 2730. The summed E-state index contributed by atoms with van der Waals surface area (Å²) in [6.07, 6.45) is 0. The van der Waals surface area contributed by atoms with Crippen molar-refractivity contribution >= 4 is 85.4 Å². The van der Waals surface area contributed by atoms with Crippen LogP contribution in [0.5, 0.6) is 11.5 Å². The molecule has 0 aliphatic rings. The lowest BCUT2D eigenvalue weighted by Crippen LogP contribution is -2.01. The van der Waals surface area contributed by atoms with E-state index in [0.29, 0.717) is 10.8 Å². The van der Waals surface area contributed by atoms with Crippen LogP contribution in [0.25, 0.3) is 32.3 Å². The van der Waals surface area contributed by atoms with Gasteiger partial charge in [0.25, 0.3) is 30.4 Å². The third kappa shape index (κ3) is 6.06. The molecule has 0 aromatic heterocycles. The first-order chi connectivity index (χ1) is 22.5. The molecule has 0 radical (unpaired) electrons. The quantitative estimate of drug-likeness (QED) is 0.0823. The number of hydrogen-bond donors (Lipinski definition) is 5. The van der Waals surface area contributed by atoms with Crippen molar-refractivity contribution in [3.63, 3.8) is 0 Å². The zero-order valence-corrected chi connectivity index (χ0v) is 26.3. The Labute approximate surface area is 271 Å². The van der Waals surface area contributed by atoms with Gasteiger partial charge in [0.05, 0.1) is 21.7 Å². The third-order valence-corrected chi connectivity index (χ3v) is 9.82. The smallest absolute Gasteiger partial charge is 0.296 e. The number of fused-ring (bicyclic) bond motifs is 3. The molecule has 244 valence electrons. The molecule has 5 N–H and O–H groups in total. The Hall–Kier alpha value is -5.37. The van der Waals surface area contributed by atoms with E-state index in [4.69, 9.17) is 0 Å². The lowest BCUT2D eigenvalue weighted by atomic mass is 10.1. The van der Waals surface area contributed by atoms with Crippen LogP contribution in [0.1, 0.15) is 0 Å². The van der Waals surface area contributed by atoms with E-state index >= 15 is 0 Å². The summed E-state index contributed by atoms with van der Waals surface area (Å²) in [5, 5.41) is 38.6. The van der Waals surface area contributed by atoms with Gasteiger partial charge in [-0.1, -0.05) is 54.6 Å². The average molecular weight is 709 g/mol. The van der Waals surface area contributed by atoms with Crippen molar-refractivity contribution in [2.45, 2.75) is 14.7 Å². The van der Waals surface area contributed by atoms with Crippen LogP contribution in [-0.4, -0.2) is 49.1 Å². The Morgan fingerprint density at radius 1 is 0.479 bits per heavy atom. The van der Waals surface area contributed by atoms with Gasteiger partial charge in [-0.15, -0.1) is 20.5 Å². The summed E-state index contributed by atoms with van der Waals surface area (Å²) in [7, 11) is -14.8. The standard InChI is InChI=1S/C30H20N4O11S3/c35-24-11-9-16-5-1-2-6-19(16)28(24)33-32-23-15-18(46(37,38)39)13-17-14-26(48(43,44)45)29(30(36)27(17)23)34-31-22-10-12-25(47(40,41)42)21-8-4-3-7-20(21)22/h1-15,35-36H,(H,37,38,39)(H,40,41,42)(H,43,44,45). The van der Waals surface area contributed by atoms with Crippen molar-refractivity contribution in [3.8, 4) is 11.5 Å². The fraction of sp³-hybridized carbons (Fsp3) is 0. The SMILES string of the molecule is O=S(=O)(O)c1cc(N=Nc2c(O)ccc3ccccc23)c2c(O)c(N=Nc3ccc(S(=O)(=O)O)c4ccccc34)c(S(=O)(=O)O)cc2c1. The number of phenolic OH excluding ortho intramolecular Hbond substituents is 2. The topological polar surface area (TPSA) is 253 Å². The minimum absolute atomic E-state index is 0.0346. The first-order valence-corrected chi connectivity index (χ1v) is 17.7. The number of aromatic hydroxyl groups is 2. The minimum atomic E-state index is -5.19. The predicted molar refractivity (Wildman–Crippen MR) is 173 cm³/mol. The first-order valence-electron chi connectivity index (χ1n) is 13.4. The van der Waals surface area contributed by atoms with Gasteiger partial charge < -0.3 is 10.2 Å². The van der Waals surface area contributed by atoms with Crippen molar-refractivity contribution < 1.29 is 49.1 Å². The summed E-state index contributed by atoms with van der Waals surface area (Å²) in [5.41, 5.74) is -1.32. The fourth-order valence-electron chi connectivity index (χ4n) is 5.08. The van der Waals surface area contributed by atoms with Crippen LogP contribution in [0, 0.1) is 0 Å². The minimum Gasteiger partial charge on any atom is -0.506 e. The maximum absolute atomic E-state index is 12.5. The van der Waals surface area contributed by atoms with E-state index in [-0.39, 0.29) is 38.7 Å². The highest BCUT2D eigenvalue weighted by atomic mass is 32.2. The van der Waals surface area contributed by atoms with Gasteiger partial charge in [-0.2, -0.15) is 25.3 Å². The van der Waals surface area contributed by atoms with Crippen molar-refractivity contribution in [1.82, 2.24) is 0 Å². The van der Waals surface area contributed by atoms with Crippen molar-refractivity contribution in [2.75, 3.05) is 0 Å². The number of nitrogens with zero attached hydrogens (tertiary/aromatic N) is 4. The van der Waals surface area contributed by atoms with Crippen LogP contribution in [0.2, 0.25) is 0 Å². The number of azo groups is 2. The second-order valence-electron chi connectivity index (χ2n) is 10.2. The van der Waals surface area contributed by atoms with Crippen LogP contribution in [-0.2, 0) is 30.4 Å². The number of benzene rings is 6. The molecule has 0 aliphatic heterocycles. The molecule has 18 heteroatoms. The lowest BCUT2D eigenvalue weighted by molar-refractivity contribution is 0.472. The Kier molecular flexibility index (Phi) is 7.94. The van der Waals surface area contributed by atoms with E-state index in [0.717, 1.165) is 30.3 Å². The Morgan fingerprint density at radius 2 is 1.08 bits per heavy atom. The zero-order valence-electron chi connectivity index (χ0n) is 23.9. The van der Waals surface area contributed by atoms with Crippen molar-refractivity contribution in [1.29, 1.82) is 0 Å². The van der Waals surface area contributed by atoms with Gasteiger partial charge in [-0.3, -0.25) is 13.7 Å². The molecule has 0 bridgehead atoms. The second kappa shape index (κ2) is 11.7. The normalized spacial score (nSPS) is 13.0. The molecule has 15 nitrogen and oxygen atoms in total. The van der Waals surface area contributed by atoms with E-state index in [1.165, 1.54) is 30.3 Å². The van der Waals surface area contributed by atoms with E-state index in [9.17, 15) is 49.1 Å². The highest BCUT2D eigenvalue weighted by Crippen LogP contribution is 2.47. The number of hydrogen-bond acceptors (Lipinski definition) is 12. The van der Waals surface area contributed by atoms with Crippen LogP contribution in [0.4, 0.5) is 22.7 Å². The molecule has 0 saturated carbocycles. The summed E-state index contributed by atoms with van der Waals surface area (Å²) < 4.78 is 103. The van der Waals surface area contributed by atoms with E-state index in [2.05, 4.69) is 20.5 Å². The van der Waals surface area contributed by atoms with E-state index in [1.54, 1.807) is 30.3 Å². The fourth-order valence-corrected chi connectivity index (χ4v) is 6.97. The Morgan fingerprint density at radius 3 is 1.75 bits per heavy atom. The number of rotatable bonds is 7. The van der Waals surface area contributed by atoms with Crippen LogP contribution < -0.4 is 0 Å². The molecule has 0 spiro atoms. The molecule has 6 aromatic carbocycles. The zero-order chi connectivity index (χ0) is 34.6. The summed E-state index contributed by atoms with van der Waals surface area (Å²) in [4.78, 5) is -2.23. The molecule has 6 rings (SSSR count).